The van der Waals surface area contributed by atoms with Crippen molar-refractivity contribution in [1.29, 1.82) is 0 Å². The van der Waals surface area contributed by atoms with E-state index in [0.717, 1.165) is 26.9 Å². The monoisotopic (exact) mass is 528 g/mol. The summed E-state index contributed by atoms with van der Waals surface area (Å²) in [5.74, 6) is 0.724. The standard InChI is InChI=1S/C26H26ClFN4O3S/c1-4-21(33)30-9-10-31(15(2)12-30)25-19-11-20(27)22(16-5-7-17(28)8-6-16)24-23(19)32(26(34)29-25)13-18(35-3)14-36-24/h4-8,11,15,18H,1,9-10,12-14H2,2-3H3/t15?,18-/m1/s1. The van der Waals surface area contributed by atoms with Crippen LogP contribution in [-0.4, -0.2) is 65.0 Å². The van der Waals surface area contributed by atoms with Gasteiger partial charge in [0.1, 0.15) is 11.6 Å². The molecule has 36 heavy (non-hydrogen) atoms. The summed E-state index contributed by atoms with van der Waals surface area (Å²) < 4.78 is 21.0. The van der Waals surface area contributed by atoms with Crippen LogP contribution >= 0.6 is 23.4 Å². The lowest BCUT2D eigenvalue weighted by Gasteiger charge is -2.40. The number of piperazine rings is 1. The number of rotatable bonds is 4. The zero-order valence-corrected chi connectivity index (χ0v) is 21.6. The molecule has 0 saturated carbocycles. The number of thioether (sulfide) groups is 1. The van der Waals surface area contributed by atoms with Crippen LogP contribution in [0.1, 0.15) is 6.92 Å². The number of anilines is 1. The van der Waals surface area contributed by atoms with Crippen LogP contribution in [0.25, 0.3) is 22.0 Å². The second-order valence-corrected chi connectivity index (χ2v) is 10.4. The SMILES string of the molecule is C=CC(=O)N1CCN(c2nc(=O)n3c4c(c(-c5ccc(F)cc5)c(Cl)cc24)SC[C@H](OC)C3)C(C)C1. The molecule has 1 amide bonds. The average molecular weight is 529 g/mol. The molecule has 7 nitrogen and oxygen atoms in total. The van der Waals surface area contributed by atoms with Crippen LogP contribution in [0.3, 0.4) is 0 Å². The maximum atomic E-state index is 13.7. The number of hydrogen-bond donors (Lipinski definition) is 0. The first-order valence-electron chi connectivity index (χ1n) is 11.7. The Bertz CT molecular complexity index is 1410. The molecule has 0 N–H and O–H groups in total. The average Bonchev–Trinajstić information content (AvgIpc) is 3.07. The zero-order valence-electron chi connectivity index (χ0n) is 20.0. The second kappa shape index (κ2) is 9.88. The quantitative estimate of drug-likeness (QED) is 0.473. The predicted octanol–water partition coefficient (Wildman–Crippen LogP) is 4.20. The highest BCUT2D eigenvalue weighted by atomic mass is 35.5. The predicted molar refractivity (Wildman–Crippen MR) is 142 cm³/mol. The van der Waals surface area contributed by atoms with Gasteiger partial charge in [-0.1, -0.05) is 30.3 Å². The van der Waals surface area contributed by atoms with E-state index in [1.165, 1.54) is 18.2 Å². The third kappa shape index (κ3) is 4.29. The van der Waals surface area contributed by atoms with Crippen LogP contribution in [0, 0.1) is 5.82 Å². The summed E-state index contributed by atoms with van der Waals surface area (Å²) in [7, 11) is 1.63. The van der Waals surface area contributed by atoms with Crippen molar-refractivity contribution in [2.75, 3.05) is 37.4 Å². The lowest BCUT2D eigenvalue weighted by atomic mass is 10.0. The molecule has 2 atom stereocenters. The highest BCUT2D eigenvalue weighted by Crippen LogP contribution is 2.45. The van der Waals surface area contributed by atoms with Crippen molar-refractivity contribution in [3.63, 3.8) is 0 Å². The molecule has 3 heterocycles. The Labute approximate surface area is 217 Å². The summed E-state index contributed by atoms with van der Waals surface area (Å²) >= 11 is 8.47. The molecule has 1 saturated heterocycles. The molecule has 2 aliphatic rings. The Morgan fingerprint density at radius 2 is 2.03 bits per heavy atom. The van der Waals surface area contributed by atoms with Crippen molar-refractivity contribution in [2.45, 2.75) is 30.5 Å². The summed E-state index contributed by atoms with van der Waals surface area (Å²) in [6.07, 6.45) is 1.13. The molecular weight excluding hydrogens is 503 g/mol. The van der Waals surface area contributed by atoms with Crippen molar-refractivity contribution in [3.8, 4) is 11.1 Å². The molecule has 0 spiro atoms. The van der Waals surface area contributed by atoms with E-state index in [4.69, 9.17) is 16.3 Å². The first kappa shape index (κ1) is 24.8. The lowest BCUT2D eigenvalue weighted by molar-refractivity contribution is -0.126. The molecule has 188 valence electrons. The minimum absolute atomic E-state index is 0.0721. The maximum absolute atomic E-state index is 13.7. The third-order valence-corrected chi connectivity index (χ3v) is 8.32. The summed E-state index contributed by atoms with van der Waals surface area (Å²) in [6, 6.07) is 7.97. The molecule has 3 aromatic rings. The van der Waals surface area contributed by atoms with Crippen LogP contribution in [0.5, 0.6) is 0 Å². The van der Waals surface area contributed by atoms with Gasteiger partial charge in [0.05, 0.1) is 23.2 Å². The summed E-state index contributed by atoms with van der Waals surface area (Å²) in [5, 5.41) is 1.26. The van der Waals surface area contributed by atoms with Gasteiger partial charge in [0.15, 0.2) is 0 Å². The number of benzene rings is 2. The number of hydrogen-bond acceptors (Lipinski definition) is 6. The minimum Gasteiger partial charge on any atom is -0.379 e. The molecule has 2 aromatic carbocycles. The fourth-order valence-electron chi connectivity index (χ4n) is 4.95. The summed E-state index contributed by atoms with van der Waals surface area (Å²) in [6.45, 7) is 7.46. The molecule has 10 heteroatoms. The fraction of sp³-hybridized carbons (Fsp3) is 0.346. The zero-order chi connectivity index (χ0) is 25.6. The normalized spacial score (nSPS) is 19.9. The first-order valence-corrected chi connectivity index (χ1v) is 13.0. The van der Waals surface area contributed by atoms with Crippen LogP contribution in [0.4, 0.5) is 10.2 Å². The molecule has 0 radical (unpaired) electrons. The highest BCUT2D eigenvalue weighted by molar-refractivity contribution is 7.99. The molecular formula is C26H26ClFN4O3S. The van der Waals surface area contributed by atoms with Crippen molar-refractivity contribution >= 4 is 46.0 Å². The van der Waals surface area contributed by atoms with Gasteiger partial charge in [-0.05, 0) is 36.8 Å². The largest absolute Gasteiger partial charge is 0.379 e. The molecule has 1 fully saturated rings. The van der Waals surface area contributed by atoms with E-state index < -0.39 is 0 Å². The lowest BCUT2D eigenvalue weighted by Crippen LogP contribution is -2.54. The van der Waals surface area contributed by atoms with E-state index in [0.29, 0.717) is 42.8 Å². The number of amides is 1. The molecule has 1 unspecified atom stereocenters. The summed E-state index contributed by atoms with van der Waals surface area (Å²) in [4.78, 5) is 34.8. The van der Waals surface area contributed by atoms with E-state index >= 15 is 0 Å². The van der Waals surface area contributed by atoms with E-state index in [9.17, 15) is 14.0 Å². The van der Waals surface area contributed by atoms with Gasteiger partial charge in [0.25, 0.3) is 0 Å². The highest BCUT2D eigenvalue weighted by Gasteiger charge is 2.31. The van der Waals surface area contributed by atoms with Gasteiger partial charge in [0, 0.05) is 54.4 Å². The van der Waals surface area contributed by atoms with Gasteiger partial charge >= 0.3 is 5.69 Å². The van der Waals surface area contributed by atoms with Gasteiger partial charge in [0.2, 0.25) is 5.91 Å². The Hall–Kier alpha value is -2.88. The van der Waals surface area contributed by atoms with Gasteiger partial charge in [-0.2, -0.15) is 4.98 Å². The number of methoxy groups -OCH3 is 1. The van der Waals surface area contributed by atoms with Crippen LogP contribution in [0.2, 0.25) is 5.02 Å². The molecule has 2 aliphatic heterocycles. The second-order valence-electron chi connectivity index (χ2n) is 8.99. The van der Waals surface area contributed by atoms with Crippen LogP contribution < -0.4 is 10.6 Å². The Kier molecular flexibility index (Phi) is 6.80. The van der Waals surface area contributed by atoms with Crippen molar-refractivity contribution in [2.24, 2.45) is 0 Å². The molecule has 5 rings (SSSR count). The molecule has 0 aliphatic carbocycles. The number of aromatic nitrogens is 2. The molecule has 1 aromatic heterocycles. The molecule has 0 bridgehead atoms. The smallest absolute Gasteiger partial charge is 0.350 e. The Balaban J connectivity index is 1.73. The Morgan fingerprint density at radius 1 is 1.28 bits per heavy atom. The van der Waals surface area contributed by atoms with Crippen molar-refractivity contribution in [3.05, 3.63) is 64.3 Å². The number of ether oxygens (including phenoxy) is 1. The maximum Gasteiger partial charge on any atom is 0.350 e. The van der Waals surface area contributed by atoms with Gasteiger partial charge in [-0.15, -0.1) is 11.8 Å². The fourth-order valence-corrected chi connectivity index (χ4v) is 6.64. The van der Waals surface area contributed by atoms with E-state index in [2.05, 4.69) is 16.5 Å². The van der Waals surface area contributed by atoms with Gasteiger partial charge in [-0.25, -0.2) is 9.18 Å². The number of nitrogens with zero attached hydrogens (tertiary/aromatic N) is 4. The first-order chi connectivity index (χ1) is 17.3. The van der Waals surface area contributed by atoms with Crippen molar-refractivity contribution in [1.82, 2.24) is 14.5 Å². The van der Waals surface area contributed by atoms with Crippen LogP contribution in [-0.2, 0) is 16.1 Å². The Morgan fingerprint density at radius 3 is 2.69 bits per heavy atom. The third-order valence-electron chi connectivity index (χ3n) is 6.80. The van der Waals surface area contributed by atoms with E-state index in [1.807, 2.05) is 13.0 Å². The van der Waals surface area contributed by atoms with Gasteiger partial charge in [-0.3, -0.25) is 9.36 Å². The number of carbonyl (C=O) groups excluding carboxylic acids is 1. The number of carbonyl (C=O) groups is 1. The van der Waals surface area contributed by atoms with Crippen LogP contribution in [0.15, 0.2) is 52.7 Å². The van der Waals surface area contributed by atoms with Crippen molar-refractivity contribution < 1.29 is 13.9 Å². The van der Waals surface area contributed by atoms with E-state index in [1.54, 1.807) is 40.5 Å². The minimum atomic E-state index is -0.368. The van der Waals surface area contributed by atoms with E-state index in [-0.39, 0.29) is 29.6 Å². The van der Waals surface area contributed by atoms with Gasteiger partial charge < -0.3 is 14.5 Å². The number of halogens is 2. The summed E-state index contributed by atoms with van der Waals surface area (Å²) in [5.41, 5.74) is 1.90. The topological polar surface area (TPSA) is 67.7 Å².